The molecule has 1 aromatic rings. The molecule has 2 nitrogen and oxygen atoms in total. The van der Waals surface area contributed by atoms with Crippen LogP contribution in [0.1, 0.15) is 24.0 Å². The molecule has 0 aliphatic heterocycles. The lowest BCUT2D eigenvalue weighted by molar-refractivity contribution is 0.964. The van der Waals surface area contributed by atoms with Crippen molar-refractivity contribution in [2.45, 2.75) is 31.5 Å². The van der Waals surface area contributed by atoms with Gasteiger partial charge in [-0.25, -0.2) is 5.26 Å². The zero-order valence-electron chi connectivity index (χ0n) is 9.03. The van der Waals surface area contributed by atoms with Crippen LogP contribution in [0.3, 0.4) is 0 Å². The van der Waals surface area contributed by atoms with Gasteiger partial charge in [0.15, 0.2) is 0 Å². The molecular formula is C12H15BN2. The van der Waals surface area contributed by atoms with Gasteiger partial charge in [-0.3, -0.25) is 0 Å². The van der Waals surface area contributed by atoms with Gasteiger partial charge in [0.05, 0.1) is 0 Å². The van der Waals surface area contributed by atoms with E-state index in [0.29, 0.717) is 6.54 Å². The molecule has 0 radical (unpaired) electrons. The van der Waals surface area contributed by atoms with Crippen LogP contribution in [0.15, 0.2) is 24.3 Å². The average molecular weight is 198 g/mol. The van der Waals surface area contributed by atoms with Crippen molar-refractivity contribution in [3.05, 3.63) is 35.4 Å². The Labute approximate surface area is 91.2 Å². The molecule has 0 spiro atoms. The van der Waals surface area contributed by atoms with Crippen LogP contribution in [0.4, 0.5) is 0 Å². The summed E-state index contributed by atoms with van der Waals surface area (Å²) in [5.74, 6) is 2.37. The van der Waals surface area contributed by atoms with Crippen molar-refractivity contribution in [3.63, 3.8) is 0 Å². The molecule has 1 fully saturated rings. The van der Waals surface area contributed by atoms with E-state index in [2.05, 4.69) is 18.1 Å². The Balaban J connectivity index is 2.34. The lowest BCUT2D eigenvalue weighted by Gasteiger charge is -2.16. The minimum atomic E-state index is 0.102. The van der Waals surface area contributed by atoms with E-state index in [1.165, 1.54) is 5.56 Å². The molecule has 1 aliphatic rings. The summed E-state index contributed by atoms with van der Waals surface area (Å²) in [5.41, 5.74) is 8.07. The van der Waals surface area contributed by atoms with Crippen molar-refractivity contribution in [3.8, 4) is 5.97 Å². The topological polar surface area (TPSA) is 49.8 Å². The van der Waals surface area contributed by atoms with E-state index in [1.807, 2.05) is 19.0 Å². The van der Waals surface area contributed by atoms with E-state index in [1.54, 1.807) is 0 Å². The second-order valence-electron chi connectivity index (χ2n) is 4.41. The minimum absolute atomic E-state index is 0.102. The Hall–Kier alpha value is -1.27. The molecule has 1 aromatic carbocycles. The quantitative estimate of drug-likeness (QED) is 0.754. The van der Waals surface area contributed by atoms with E-state index in [0.717, 1.165) is 18.4 Å². The number of benzene rings is 1. The summed E-state index contributed by atoms with van der Waals surface area (Å²) >= 11 is 0. The fraction of sp³-hybridized carbons (Fsp3) is 0.417. The first-order chi connectivity index (χ1) is 7.23. The van der Waals surface area contributed by atoms with Crippen molar-refractivity contribution in [1.82, 2.24) is 0 Å². The third kappa shape index (κ3) is 1.66. The second-order valence-corrected chi connectivity index (χ2v) is 4.41. The molecule has 0 unspecified atom stereocenters. The maximum Gasteiger partial charge on any atom is 0.275 e. The lowest BCUT2D eigenvalue weighted by Crippen LogP contribution is -2.26. The molecule has 2 N–H and O–H groups in total. The van der Waals surface area contributed by atoms with Crippen LogP contribution < -0.4 is 5.73 Å². The third-order valence-corrected chi connectivity index (χ3v) is 3.55. The van der Waals surface area contributed by atoms with Crippen molar-refractivity contribution in [1.29, 1.82) is 5.26 Å². The predicted molar refractivity (Wildman–Crippen MR) is 62.5 cm³/mol. The number of hydrogen-bond donors (Lipinski definition) is 1. The van der Waals surface area contributed by atoms with Crippen LogP contribution in [0.2, 0.25) is 6.82 Å². The lowest BCUT2D eigenvalue weighted by atomic mass is 9.40. The van der Waals surface area contributed by atoms with Gasteiger partial charge in [0.2, 0.25) is 0 Å². The fourth-order valence-corrected chi connectivity index (χ4v) is 2.24. The van der Waals surface area contributed by atoms with Crippen LogP contribution in [0.5, 0.6) is 0 Å². The number of hydrogen-bond acceptors (Lipinski definition) is 2. The van der Waals surface area contributed by atoms with E-state index in [4.69, 9.17) is 11.0 Å². The highest BCUT2D eigenvalue weighted by molar-refractivity contribution is 6.69. The van der Waals surface area contributed by atoms with Crippen molar-refractivity contribution >= 4 is 6.71 Å². The fourth-order valence-electron chi connectivity index (χ4n) is 2.24. The number of rotatable bonds is 3. The van der Waals surface area contributed by atoms with Crippen molar-refractivity contribution < 1.29 is 0 Å². The maximum atomic E-state index is 9.02. The number of nitrogens with two attached hydrogens (primary N) is 1. The van der Waals surface area contributed by atoms with Gasteiger partial charge in [-0.2, -0.15) is 0 Å². The monoisotopic (exact) mass is 198 g/mol. The molecule has 0 aromatic heterocycles. The van der Waals surface area contributed by atoms with Gasteiger partial charge in [0.1, 0.15) is 0 Å². The third-order valence-electron chi connectivity index (χ3n) is 3.55. The summed E-state index contributed by atoms with van der Waals surface area (Å²) in [6.07, 6.45) is 2.27. The van der Waals surface area contributed by atoms with Gasteiger partial charge in [0, 0.05) is 12.5 Å². The highest BCUT2D eigenvalue weighted by atomic mass is 14.5. The molecule has 0 saturated heterocycles. The smallest absolute Gasteiger partial charge is 0.275 e. The van der Waals surface area contributed by atoms with E-state index in [9.17, 15) is 0 Å². The Kier molecular flexibility index (Phi) is 2.54. The van der Waals surface area contributed by atoms with Gasteiger partial charge in [-0.15, -0.1) is 0 Å². The van der Waals surface area contributed by atoms with E-state index in [-0.39, 0.29) is 12.0 Å². The number of nitriles is 1. The van der Waals surface area contributed by atoms with Crippen molar-refractivity contribution in [2.24, 2.45) is 5.73 Å². The summed E-state index contributed by atoms with van der Waals surface area (Å²) < 4.78 is 0. The molecule has 3 heteroatoms. The summed E-state index contributed by atoms with van der Waals surface area (Å²) in [5, 5.41) is 9.15. The first-order valence-electron chi connectivity index (χ1n) is 5.42. The molecule has 0 heterocycles. The van der Waals surface area contributed by atoms with E-state index >= 15 is 0 Å². The molecule has 1 saturated carbocycles. The zero-order chi connectivity index (χ0) is 10.9. The van der Waals surface area contributed by atoms with Crippen LogP contribution in [-0.2, 0) is 11.9 Å². The van der Waals surface area contributed by atoms with Crippen LogP contribution in [-0.4, -0.2) is 6.71 Å². The number of nitrogens with zero attached hydrogens (tertiary/aromatic N) is 1. The molecule has 1 aliphatic carbocycles. The zero-order valence-corrected chi connectivity index (χ0v) is 9.03. The maximum absolute atomic E-state index is 9.02. The van der Waals surface area contributed by atoms with Gasteiger partial charge in [-0.05, 0) is 29.3 Å². The molecule has 76 valence electrons. The summed E-state index contributed by atoms with van der Waals surface area (Å²) in [4.78, 5) is 0. The highest BCUT2D eigenvalue weighted by Crippen LogP contribution is 2.50. The van der Waals surface area contributed by atoms with Crippen LogP contribution >= 0.6 is 0 Å². The summed E-state index contributed by atoms with van der Waals surface area (Å²) in [6.45, 7) is 2.69. The normalized spacial score (nSPS) is 16.9. The molecule has 15 heavy (non-hydrogen) atoms. The largest absolute Gasteiger partial charge is 0.326 e. The molecular weight excluding hydrogens is 183 g/mol. The Morgan fingerprint density at radius 2 is 2.27 bits per heavy atom. The first-order valence-corrected chi connectivity index (χ1v) is 5.42. The summed E-state index contributed by atoms with van der Waals surface area (Å²) in [7, 11) is 0. The van der Waals surface area contributed by atoms with Gasteiger partial charge < -0.3 is 5.73 Å². The van der Waals surface area contributed by atoms with Gasteiger partial charge in [-0.1, -0.05) is 31.1 Å². The van der Waals surface area contributed by atoms with Crippen LogP contribution in [0.25, 0.3) is 0 Å². The van der Waals surface area contributed by atoms with Gasteiger partial charge >= 0.3 is 0 Å². The predicted octanol–water partition coefficient (Wildman–Crippen LogP) is 1.90. The van der Waals surface area contributed by atoms with Gasteiger partial charge in [0.25, 0.3) is 6.71 Å². The average Bonchev–Trinajstić information content (AvgIpc) is 3.09. The first kappa shape index (κ1) is 10.3. The minimum Gasteiger partial charge on any atom is -0.326 e. The van der Waals surface area contributed by atoms with E-state index < -0.39 is 0 Å². The Morgan fingerprint density at radius 1 is 1.53 bits per heavy atom. The highest BCUT2D eigenvalue weighted by Gasteiger charge is 2.51. The van der Waals surface area contributed by atoms with Crippen LogP contribution in [0, 0.1) is 11.2 Å². The Morgan fingerprint density at radius 3 is 2.80 bits per heavy atom. The van der Waals surface area contributed by atoms with Crippen molar-refractivity contribution in [2.75, 3.05) is 0 Å². The SMILES string of the molecule is CB(C#N)C1(c2cccc(CN)c2)CC1. The molecule has 0 atom stereocenters. The molecule has 2 rings (SSSR count). The standard InChI is InChI=1S/C12H15BN2/c1-13(9-15)12(5-6-12)11-4-2-3-10(7-11)8-14/h2-4,7H,5-6,8,14H2,1H3. The summed E-state index contributed by atoms with van der Waals surface area (Å²) in [6, 6.07) is 8.36. The Bertz CT molecular complexity index is 404. The molecule has 0 bridgehead atoms. The second kappa shape index (κ2) is 3.71. The molecule has 0 amide bonds.